The topological polar surface area (TPSA) is 95.4 Å². The lowest BCUT2D eigenvalue weighted by atomic mass is 10.1. The number of nitrogens with zero attached hydrogens (tertiary/aromatic N) is 3. The number of carboxylic acids is 1. The van der Waals surface area contributed by atoms with E-state index in [1.165, 1.54) is 0 Å². The van der Waals surface area contributed by atoms with Crippen molar-refractivity contribution < 1.29 is 14.7 Å². The molecule has 2 N–H and O–H groups in total. The van der Waals surface area contributed by atoms with E-state index >= 15 is 0 Å². The van der Waals surface area contributed by atoms with Gasteiger partial charge in [0.2, 0.25) is 0 Å². The summed E-state index contributed by atoms with van der Waals surface area (Å²) in [5, 5.41) is 13.1. The van der Waals surface area contributed by atoms with Crippen LogP contribution in [0.25, 0.3) is 11.0 Å². The van der Waals surface area contributed by atoms with Crippen molar-refractivity contribution >= 4 is 34.3 Å². The van der Waals surface area contributed by atoms with Crippen LogP contribution in [-0.2, 0) is 11.2 Å². The maximum Gasteiger partial charge on any atom is 0.307 e. The van der Waals surface area contributed by atoms with Gasteiger partial charge in [0.05, 0.1) is 17.7 Å². The van der Waals surface area contributed by atoms with Crippen LogP contribution in [0.2, 0.25) is 0 Å². The first-order valence-corrected chi connectivity index (χ1v) is 10.6. The highest BCUT2D eigenvalue weighted by Gasteiger charge is 2.22. The molecule has 31 heavy (non-hydrogen) atoms. The Morgan fingerprint density at radius 2 is 1.74 bits per heavy atom. The summed E-state index contributed by atoms with van der Waals surface area (Å²) in [6.07, 6.45) is 5.92. The van der Waals surface area contributed by atoms with E-state index in [-0.39, 0.29) is 12.3 Å². The van der Waals surface area contributed by atoms with Crippen molar-refractivity contribution in [3.63, 3.8) is 0 Å². The zero-order valence-corrected chi connectivity index (χ0v) is 17.6. The number of anilines is 2. The number of aryl methyl sites for hydroxylation is 1. The number of hydrogen-bond acceptors (Lipinski definition) is 5. The zero-order chi connectivity index (χ0) is 21.8. The lowest BCUT2D eigenvalue weighted by molar-refractivity contribution is -0.136. The van der Waals surface area contributed by atoms with Crippen LogP contribution in [-0.4, -0.2) is 44.9 Å². The number of carbonyl (C=O) groups is 2. The van der Waals surface area contributed by atoms with Crippen LogP contribution in [0, 0.1) is 6.92 Å². The zero-order valence-electron chi connectivity index (χ0n) is 17.6. The van der Waals surface area contributed by atoms with E-state index in [2.05, 4.69) is 15.3 Å². The second-order valence-corrected chi connectivity index (χ2v) is 7.97. The lowest BCUT2D eigenvalue weighted by Crippen LogP contribution is -2.32. The summed E-state index contributed by atoms with van der Waals surface area (Å²) in [6.45, 7) is 3.42. The Morgan fingerprint density at radius 3 is 2.42 bits per heavy atom. The van der Waals surface area contributed by atoms with Crippen molar-refractivity contribution in [3.05, 3.63) is 59.4 Å². The molecule has 160 valence electrons. The van der Waals surface area contributed by atoms with Crippen molar-refractivity contribution in [1.29, 1.82) is 0 Å². The van der Waals surface area contributed by atoms with Crippen molar-refractivity contribution in [1.82, 2.24) is 14.9 Å². The number of amides is 1. The third kappa shape index (κ3) is 4.82. The third-order valence-electron chi connectivity index (χ3n) is 5.57. The van der Waals surface area contributed by atoms with E-state index < -0.39 is 5.97 Å². The van der Waals surface area contributed by atoms with Gasteiger partial charge in [-0.05, 0) is 49.6 Å². The van der Waals surface area contributed by atoms with Gasteiger partial charge in [-0.15, -0.1) is 0 Å². The monoisotopic (exact) mass is 418 g/mol. The Balaban J connectivity index is 1.72. The van der Waals surface area contributed by atoms with Crippen LogP contribution in [0.4, 0.5) is 11.4 Å². The highest BCUT2D eigenvalue weighted by molar-refractivity contribution is 6.07. The number of carbonyl (C=O) groups excluding carboxylic acids is 1. The van der Waals surface area contributed by atoms with Gasteiger partial charge < -0.3 is 15.3 Å². The van der Waals surface area contributed by atoms with E-state index in [1.807, 2.05) is 36.1 Å². The molecular weight excluding hydrogens is 392 g/mol. The fourth-order valence-corrected chi connectivity index (χ4v) is 3.94. The number of likely N-dealkylation sites (tertiary alicyclic amines) is 1. The Bertz CT molecular complexity index is 1100. The normalized spacial score (nSPS) is 14.3. The average molecular weight is 418 g/mol. The average Bonchev–Trinajstić information content (AvgIpc) is 3.04. The van der Waals surface area contributed by atoms with Gasteiger partial charge in [0.1, 0.15) is 0 Å². The second-order valence-electron chi connectivity index (χ2n) is 7.97. The van der Waals surface area contributed by atoms with E-state index in [0.717, 1.165) is 61.1 Å². The summed E-state index contributed by atoms with van der Waals surface area (Å²) >= 11 is 0. The Kier molecular flexibility index (Phi) is 6.11. The summed E-state index contributed by atoms with van der Waals surface area (Å²) in [7, 11) is 0. The van der Waals surface area contributed by atoms with Crippen molar-refractivity contribution in [2.45, 2.75) is 39.0 Å². The predicted octanol–water partition coefficient (Wildman–Crippen LogP) is 4.33. The number of pyridine rings is 2. The fourth-order valence-electron chi connectivity index (χ4n) is 3.94. The molecular formula is C24H26N4O3. The maximum atomic E-state index is 13.4. The van der Waals surface area contributed by atoms with Gasteiger partial charge in [-0.2, -0.15) is 0 Å². The van der Waals surface area contributed by atoms with E-state index in [0.29, 0.717) is 16.9 Å². The molecule has 0 unspecified atom stereocenters. The van der Waals surface area contributed by atoms with Gasteiger partial charge in [-0.3, -0.25) is 9.59 Å². The molecule has 7 nitrogen and oxygen atoms in total. The molecule has 1 aromatic carbocycles. The maximum absolute atomic E-state index is 13.4. The van der Waals surface area contributed by atoms with Crippen LogP contribution in [0.15, 0.2) is 42.6 Å². The van der Waals surface area contributed by atoms with E-state index in [9.17, 15) is 9.59 Å². The van der Waals surface area contributed by atoms with E-state index in [1.54, 1.807) is 18.3 Å². The molecule has 0 radical (unpaired) electrons. The van der Waals surface area contributed by atoms with Gasteiger partial charge in [0, 0.05) is 36.1 Å². The molecule has 1 amide bonds. The molecule has 3 aromatic rings. The fraction of sp³-hybridized carbons (Fsp3) is 0.333. The second kappa shape index (κ2) is 9.12. The molecule has 0 bridgehead atoms. The first-order valence-electron chi connectivity index (χ1n) is 10.6. The van der Waals surface area contributed by atoms with Gasteiger partial charge >= 0.3 is 5.97 Å². The molecule has 0 spiro atoms. The number of aromatic nitrogens is 2. The molecule has 1 aliphatic rings. The Morgan fingerprint density at radius 1 is 1.03 bits per heavy atom. The highest BCUT2D eigenvalue weighted by atomic mass is 16.4. The van der Waals surface area contributed by atoms with Crippen molar-refractivity contribution in [2.75, 3.05) is 18.4 Å². The number of benzene rings is 1. The molecule has 1 saturated heterocycles. The van der Waals surface area contributed by atoms with Gasteiger partial charge in [0.25, 0.3) is 5.91 Å². The molecule has 7 heteroatoms. The smallest absolute Gasteiger partial charge is 0.307 e. The highest BCUT2D eigenvalue weighted by Crippen LogP contribution is 2.30. The number of fused-ring (bicyclic) bond motifs is 1. The number of nitrogens with one attached hydrogen (secondary N) is 1. The summed E-state index contributed by atoms with van der Waals surface area (Å²) in [4.78, 5) is 35.2. The SMILES string of the molecule is Cc1ccc2c(Nc3ccc(CC(=O)O)cc3)c(C(=O)N3CCCCCC3)cnc2n1. The summed E-state index contributed by atoms with van der Waals surface area (Å²) in [6, 6.07) is 11.0. The van der Waals surface area contributed by atoms with Gasteiger partial charge in [-0.25, -0.2) is 9.97 Å². The predicted molar refractivity (Wildman–Crippen MR) is 120 cm³/mol. The molecule has 1 fully saturated rings. The molecule has 2 aromatic heterocycles. The lowest BCUT2D eigenvalue weighted by Gasteiger charge is -2.22. The number of aliphatic carboxylic acids is 1. The molecule has 4 rings (SSSR count). The molecule has 0 atom stereocenters. The van der Waals surface area contributed by atoms with Crippen LogP contribution in [0.3, 0.4) is 0 Å². The molecule has 0 aliphatic carbocycles. The number of carboxylic acid groups (broad SMARTS) is 1. The summed E-state index contributed by atoms with van der Waals surface area (Å²) in [5.41, 5.74) is 4.13. The van der Waals surface area contributed by atoms with Gasteiger partial charge in [0.15, 0.2) is 5.65 Å². The van der Waals surface area contributed by atoms with E-state index in [4.69, 9.17) is 5.11 Å². The first kappa shape index (κ1) is 20.8. The van der Waals surface area contributed by atoms with Crippen molar-refractivity contribution in [2.24, 2.45) is 0 Å². The standard InChI is InChI=1S/C24H26N4O3/c1-16-6-11-19-22(27-18-9-7-17(8-10-18)14-21(29)30)20(15-25-23(19)26-16)24(31)28-12-4-2-3-5-13-28/h6-11,15H,2-5,12-14H2,1H3,(H,29,30)(H,25,26,27). The van der Waals surface area contributed by atoms with Crippen LogP contribution in [0.1, 0.15) is 47.3 Å². The minimum Gasteiger partial charge on any atom is -0.481 e. The van der Waals surface area contributed by atoms with Crippen LogP contribution in [0.5, 0.6) is 0 Å². The first-order chi connectivity index (χ1) is 15.0. The Labute approximate surface area is 181 Å². The van der Waals surface area contributed by atoms with Crippen LogP contribution < -0.4 is 5.32 Å². The number of hydrogen-bond donors (Lipinski definition) is 2. The summed E-state index contributed by atoms with van der Waals surface area (Å²) in [5.74, 6) is -0.894. The molecule has 0 saturated carbocycles. The largest absolute Gasteiger partial charge is 0.481 e. The minimum atomic E-state index is -0.868. The van der Waals surface area contributed by atoms with Crippen LogP contribution >= 0.6 is 0 Å². The minimum absolute atomic E-state index is 0.0260. The quantitative estimate of drug-likeness (QED) is 0.641. The van der Waals surface area contributed by atoms with Gasteiger partial charge in [-0.1, -0.05) is 25.0 Å². The number of rotatable bonds is 5. The third-order valence-corrected chi connectivity index (χ3v) is 5.57. The summed E-state index contributed by atoms with van der Waals surface area (Å²) < 4.78 is 0. The molecule has 3 heterocycles. The van der Waals surface area contributed by atoms with Crippen molar-refractivity contribution in [3.8, 4) is 0 Å². The Hall–Kier alpha value is -3.48. The molecule has 1 aliphatic heterocycles.